The van der Waals surface area contributed by atoms with Gasteiger partial charge in [0.15, 0.2) is 0 Å². The predicted molar refractivity (Wildman–Crippen MR) is 54.3 cm³/mol. The van der Waals surface area contributed by atoms with Crippen LogP contribution in [0.1, 0.15) is 16.8 Å². The van der Waals surface area contributed by atoms with Crippen molar-refractivity contribution in [1.82, 2.24) is 4.98 Å². The van der Waals surface area contributed by atoms with Crippen LogP contribution < -0.4 is 0 Å². The van der Waals surface area contributed by atoms with E-state index in [1.807, 2.05) is 12.3 Å². The number of aromatic nitrogens is 1. The van der Waals surface area contributed by atoms with Crippen molar-refractivity contribution < 1.29 is 0 Å². The van der Waals surface area contributed by atoms with Gasteiger partial charge in [-0.3, -0.25) is 0 Å². The van der Waals surface area contributed by atoms with Gasteiger partial charge in [-0.2, -0.15) is 0 Å². The van der Waals surface area contributed by atoms with Crippen LogP contribution in [-0.2, 0) is 6.42 Å². The lowest BCUT2D eigenvalue weighted by atomic mass is 10.4. The molecule has 11 heavy (non-hydrogen) atoms. The van der Waals surface area contributed by atoms with Crippen molar-refractivity contribution in [3.8, 4) is 0 Å². The van der Waals surface area contributed by atoms with Crippen LogP contribution >= 0.6 is 27.3 Å². The minimum absolute atomic E-state index is 0.897. The monoisotopic (exact) mass is 231 g/mol. The summed E-state index contributed by atoms with van der Waals surface area (Å²) in [6.45, 7) is 2.14. The lowest BCUT2D eigenvalue weighted by Crippen LogP contribution is -1.65. The molecule has 0 radical (unpaired) electrons. The topological polar surface area (TPSA) is 12.9 Å². The molecule has 0 N–H and O–H groups in total. The second-order valence-electron chi connectivity index (χ2n) is 2.08. The third kappa shape index (κ3) is 2.75. The molecule has 0 amide bonds. The number of thiazole rings is 1. The lowest BCUT2D eigenvalue weighted by Gasteiger charge is -1.80. The summed E-state index contributed by atoms with van der Waals surface area (Å²) in [6, 6.07) is 0. The lowest BCUT2D eigenvalue weighted by molar-refractivity contribution is 1.17. The molecule has 60 valence electrons. The first kappa shape index (κ1) is 8.94. The molecule has 0 atom stereocenters. The maximum atomic E-state index is 4.24. The predicted octanol–water partition coefficient (Wildman–Crippen LogP) is 3.11. The van der Waals surface area contributed by atoms with Gasteiger partial charge in [-0.25, -0.2) is 4.98 Å². The van der Waals surface area contributed by atoms with E-state index in [1.165, 1.54) is 4.88 Å². The normalized spacial score (nSPS) is 11.1. The molecule has 1 nitrogen and oxygen atoms in total. The van der Waals surface area contributed by atoms with E-state index in [1.54, 1.807) is 11.3 Å². The fourth-order valence-electron chi connectivity index (χ4n) is 0.709. The fourth-order valence-corrected chi connectivity index (χ4v) is 1.68. The third-order valence-electron chi connectivity index (χ3n) is 1.27. The minimum Gasteiger partial charge on any atom is -0.245 e. The van der Waals surface area contributed by atoms with E-state index in [-0.39, 0.29) is 0 Å². The average molecular weight is 232 g/mol. The molecule has 0 spiro atoms. The number of hydrogen-bond acceptors (Lipinski definition) is 2. The van der Waals surface area contributed by atoms with E-state index in [2.05, 4.69) is 33.9 Å². The second kappa shape index (κ2) is 4.67. The Morgan fingerprint density at radius 2 is 2.55 bits per heavy atom. The van der Waals surface area contributed by atoms with Crippen LogP contribution in [0, 0.1) is 0 Å². The maximum absolute atomic E-state index is 4.24. The molecule has 0 aromatic carbocycles. The number of aryl methyl sites for hydroxylation is 1. The molecule has 1 rings (SSSR count). The van der Waals surface area contributed by atoms with Crippen LogP contribution in [0.3, 0.4) is 0 Å². The van der Waals surface area contributed by atoms with Gasteiger partial charge >= 0.3 is 0 Å². The zero-order valence-corrected chi connectivity index (χ0v) is 8.78. The number of rotatable bonds is 3. The molecule has 0 saturated heterocycles. The van der Waals surface area contributed by atoms with Crippen molar-refractivity contribution in [2.45, 2.75) is 13.3 Å². The molecule has 0 bridgehead atoms. The van der Waals surface area contributed by atoms with E-state index in [4.69, 9.17) is 0 Å². The maximum Gasteiger partial charge on any atom is 0.115 e. The summed E-state index contributed by atoms with van der Waals surface area (Å²) in [5.41, 5.74) is 0. The largest absolute Gasteiger partial charge is 0.245 e. The number of nitrogens with zero attached hydrogens (tertiary/aromatic N) is 1. The Balaban J connectivity index is 2.65. The highest BCUT2D eigenvalue weighted by Crippen LogP contribution is 2.14. The Morgan fingerprint density at radius 3 is 3.09 bits per heavy atom. The molecule has 0 aliphatic heterocycles. The van der Waals surface area contributed by atoms with Crippen molar-refractivity contribution in [2.24, 2.45) is 0 Å². The number of allylic oxidation sites excluding steroid dienone is 1. The Bertz CT molecular complexity index is 242. The zero-order valence-electron chi connectivity index (χ0n) is 6.38. The molecule has 0 fully saturated rings. The van der Waals surface area contributed by atoms with Crippen LogP contribution in [0.5, 0.6) is 0 Å². The van der Waals surface area contributed by atoms with Gasteiger partial charge in [0.05, 0.1) is 0 Å². The molecular formula is C8H10BrNS. The van der Waals surface area contributed by atoms with Crippen LogP contribution in [0.2, 0.25) is 0 Å². The van der Waals surface area contributed by atoms with Gasteiger partial charge in [0.1, 0.15) is 5.01 Å². The van der Waals surface area contributed by atoms with Crippen molar-refractivity contribution in [3.05, 3.63) is 22.2 Å². The molecule has 0 aliphatic rings. The Hall–Kier alpha value is -0.150. The highest BCUT2D eigenvalue weighted by Gasteiger charge is 1.94. The summed E-state index contributed by atoms with van der Waals surface area (Å²) in [6.07, 6.45) is 7.12. The average Bonchev–Trinajstić information content (AvgIpc) is 2.48. The van der Waals surface area contributed by atoms with E-state index in [0.29, 0.717) is 0 Å². The minimum atomic E-state index is 0.897. The first-order chi connectivity index (χ1) is 5.36. The molecule has 0 unspecified atom stereocenters. The number of halogens is 1. The molecule has 1 aromatic heterocycles. The van der Waals surface area contributed by atoms with Gasteiger partial charge in [-0.15, -0.1) is 11.3 Å². The summed E-state index contributed by atoms with van der Waals surface area (Å²) in [7, 11) is 0. The SMILES string of the molecule is CCc1cnc(/C=C/CBr)s1. The van der Waals surface area contributed by atoms with Crippen LogP contribution in [0.4, 0.5) is 0 Å². The number of alkyl halides is 1. The highest BCUT2D eigenvalue weighted by molar-refractivity contribution is 9.09. The first-order valence-corrected chi connectivity index (χ1v) is 5.47. The highest BCUT2D eigenvalue weighted by atomic mass is 79.9. The standard InChI is InChI=1S/C8H10BrNS/c1-2-7-6-10-8(11-7)4-3-5-9/h3-4,6H,2,5H2,1H3/b4-3+. The summed E-state index contributed by atoms with van der Waals surface area (Å²) in [5, 5.41) is 2.00. The smallest absolute Gasteiger partial charge is 0.115 e. The van der Waals surface area contributed by atoms with E-state index in [9.17, 15) is 0 Å². The number of hydrogen-bond donors (Lipinski definition) is 0. The van der Waals surface area contributed by atoms with Crippen LogP contribution in [0.25, 0.3) is 6.08 Å². The molecule has 3 heteroatoms. The van der Waals surface area contributed by atoms with E-state index in [0.717, 1.165) is 16.8 Å². The van der Waals surface area contributed by atoms with Crippen LogP contribution in [0.15, 0.2) is 12.3 Å². The zero-order chi connectivity index (χ0) is 8.10. The summed E-state index contributed by atoms with van der Waals surface area (Å²) in [5.74, 6) is 0. The second-order valence-corrected chi connectivity index (χ2v) is 3.87. The Kier molecular flexibility index (Phi) is 3.80. The summed E-state index contributed by atoms with van der Waals surface area (Å²) >= 11 is 5.07. The van der Waals surface area contributed by atoms with Gasteiger partial charge in [0.25, 0.3) is 0 Å². The van der Waals surface area contributed by atoms with Gasteiger partial charge in [0.2, 0.25) is 0 Å². The van der Waals surface area contributed by atoms with Crippen LogP contribution in [-0.4, -0.2) is 10.3 Å². The van der Waals surface area contributed by atoms with Gasteiger partial charge in [-0.05, 0) is 12.5 Å². The van der Waals surface area contributed by atoms with Crippen molar-refractivity contribution >= 4 is 33.3 Å². The van der Waals surface area contributed by atoms with Crippen molar-refractivity contribution in [1.29, 1.82) is 0 Å². The molecule has 0 aliphatic carbocycles. The van der Waals surface area contributed by atoms with Gasteiger partial charge in [0, 0.05) is 16.4 Å². The summed E-state index contributed by atoms with van der Waals surface area (Å²) < 4.78 is 0. The summed E-state index contributed by atoms with van der Waals surface area (Å²) in [4.78, 5) is 5.58. The molecule has 0 saturated carbocycles. The van der Waals surface area contributed by atoms with Gasteiger partial charge in [-0.1, -0.05) is 28.9 Å². The Labute approximate surface area is 79.3 Å². The molecule has 1 aromatic rings. The van der Waals surface area contributed by atoms with E-state index < -0.39 is 0 Å². The van der Waals surface area contributed by atoms with Crippen molar-refractivity contribution in [2.75, 3.05) is 5.33 Å². The first-order valence-electron chi connectivity index (χ1n) is 3.54. The fraction of sp³-hybridized carbons (Fsp3) is 0.375. The quantitative estimate of drug-likeness (QED) is 0.729. The Morgan fingerprint density at radius 1 is 1.73 bits per heavy atom. The molecule has 1 heterocycles. The van der Waals surface area contributed by atoms with Gasteiger partial charge < -0.3 is 0 Å². The third-order valence-corrected chi connectivity index (χ3v) is 2.75. The van der Waals surface area contributed by atoms with E-state index >= 15 is 0 Å². The van der Waals surface area contributed by atoms with Crippen molar-refractivity contribution in [3.63, 3.8) is 0 Å². The molecular weight excluding hydrogens is 222 g/mol.